The Hall–Kier alpha value is -1.02. The lowest BCUT2D eigenvalue weighted by atomic mass is 9.83. The van der Waals surface area contributed by atoms with Crippen molar-refractivity contribution in [1.82, 2.24) is 14.6 Å². The summed E-state index contributed by atoms with van der Waals surface area (Å²) in [4.78, 5) is 6.72. The average molecular weight is 351 g/mol. The molecule has 1 aromatic heterocycles. The fourth-order valence-electron chi connectivity index (χ4n) is 3.66. The number of nitrogens with zero attached hydrogens (tertiary/aromatic N) is 2. The molecule has 3 fully saturated rings. The predicted molar refractivity (Wildman–Crippen MR) is 90.9 cm³/mol. The molecule has 2 saturated heterocycles. The van der Waals surface area contributed by atoms with Gasteiger partial charge in [0, 0.05) is 32.4 Å². The number of aromatic nitrogens is 1. The Kier molecular flexibility index (Phi) is 4.36. The SMILES string of the molecule is O=S(=O)(NC[C@H]1CCC2(CN(Cc3ccccn3)C2)OC1)C1CC1. The summed E-state index contributed by atoms with van der Waals surface area (Å²) in [6, 6.07) is 6.00. The standard InChI is InChI=1S/C17H25N3O3S/c21-24(22,16-4-5-16)19-9-14-6-7-17(23-11-14)12-20(13-17)10-15-3-1-2-8-18-15/h1-3,8,14,16,19H,4-7,9-13H2/t14-/m1/s1. The highest BCUT2D eigenvalue weighted by molar-refractivity contribution is 7.90. The molecule has 1 saturated carbocycles. The Morgan fingerprint density at radius 3 is 2.75 bits per heavy atom. The summed E-state index contributed by atoms with van der Waals surface area (Å²) in [5.41, 5.74) is 1.08. The Bertz CT molecular complexity index is 660. The van der Waals surface area contributed by atoms with E-state index in [1.165, 1.54) is 0 Å². The molecule has 3 aliphatic rings. The molecule has 0 bridgehead atoms. The Labute approximate surface area is 143 Å². The number of rotatable bonds is 6. The summed E-state index contributed by atoms with van der Waals surface area (Å²) >= 11 is 0. The van der Waals surface area contributed by atoms with Crippen LogP contribution in [0.15, 0.2) is 24.4 Å². The van der Waals surface area contributed by atoms with Crippen LogP contribution in [0.25, 0.3) is 0 Å². The van der Waals surface area contributed by atoms with E-state index in [0.717, 1.165) is 51.0 Å². The van der Waals surface area contributed by atoms with E-state index in [-0.39, 0.29) is 10.9 Å². The van der Waals surface area contributed by atoms with Gasteiger partial charge in [-0.15, -0.1) is 0 Å². The number of sulfonamides is 1. The van der Waals surface area contributed by atoms with Gasteiger partial charge in [0.2, 0.25) is 10.0 Å². The van der Waals surface area contributed by atoms with Crippen LogP contribution in [-0.4, -0.2) is 55.4 Å². The topological polar surface area (TPSA) is 71.5 Å². The van der Waals surface area contributed by atoms with Crippen LogP contribution in [-0.2, 0) is 21.3 Å². The molecule has 0 aromatic carbocycles. The molecule has 24 heavy (non-hydrogen) atoms. The highest BCUT2D eigenvalue weighted by atomic mass is 32.2. The van der Waals surface area contributed by atoms with Gasteiger partial charge in [-0.25, -0.2) is 13.1 Å². The summed E-state index contributed by atoms with van der Waals surface area (Å²) in [5, 5.41) is -0.139. The van der Waals surface area contributed by atoms with E-state index in [2.05, 4.69) is 20.7 Å². The molecule has 1 aromatic rings. The van der Waals surface area contributed by atoms with Crippen molar-refractivity contribution in [2.24, 2.45) is 5.92 Å². The van der Waals surface area contributed by atoms with Gasteiger partial charge in [0.1, 0.15) is 0 Å². The third kappa shape index (κ3) is 3.64. The minimum Gasteiger partial charge on any atom is -0.372 e. The average Bonchev–Trinajstić information content (AvgIpc) is 3.39. The van der Waals surface area contributed by atoms with Crippen LogP contribution in [0, 0.1) is 5.92 Å². The van der Waals surface area contributed by atoms with Crippen molar-refractivity contribution < 1.29 is 13.2 Å². The second-order valence-electron chi connectivity index (χ2n) is 7.46. The van der Waals surface area contributed by atoms with E-state index >= 15 is 0 Å². The highest BCUT2D eigenvalue weighted by Gasteiger charge is 2.46. The van der Waals surface area contributed by atoms with Crippen LogP contribution in [0.3, 0.4) is 0 Å². The molecule has 4 rings (SSSR count). The van der Waals surface area contributed by atoms with Crippen molar-refractivity contribution in [3.8, 4) is 0 Å². The zero-order valence-corrected chi connectivity index (χ0v) is 14.7. The predicted octanol–water partition coefficient (Wildman–Crippen LogP) is 1.14. The summed E-state index contributed by atoms with van der Waals surface area (Å²) in [5.74, 6) is 0.300. The van der Waals surface area contributed by atoms with E-state index in [1.807, 2.05) is 18.3 Å². The van der Waals surface area contributed by atoms with Gasteiger partial charge in [0.25, 0.3) is 0 Å². The van der Waals surface area contributed by atoms with E-state index in [9.17, 15) is 8.42 Å². The largest absolute Gasteiger partial charge is 0.372 e. The molecular weight excluding hydrogens is 326 g/mol. The molecule has 1 atom stereocenters. The molecule has 0 amide bonds. The van der Waals surface area contributed by atoms with Crippen LogP contribution in [0.1, 0.15) is 31.4 Å². The molecular formula is C17H25N3O3S. The maximum absolute atomic E-state index is 11.9. The Morgan fingerprint density at radius 1 is 1.29 bits per heavy atom. The summed E-state index contributed by atoms with van der Waals surface area (Å²) in [6.07, 6.45) is 5.50. The molecule has 0 unspecified atom stereocenters. The van der Waals surface area contributed by atoms with Gasteiger partial charge < -0.3 is 4.74 Å². The molecule has 1 N–H and O–H groups in total. The second-order valence-corrected chi connectivity index (χ2v) is 9.50. The normalized spacial score (nSPS) is 27.1. The summed E-state index contributed by atoms with van der Waals surface area (Å²) in [7, 11) is -3.07. The van der Waals surface area contributed by atoms with E-state index in [1.54, 1.807) is 0 Å². The van der Waals surface area contributed by atoms with Crippen LogP contribution in [0.2, 0.25) is 0 Å². The first-order chi connectivity index (χ1) is 11.5. The Morgan fingerprint density at radius 2 is 2.12 bits per heavy atom. The smallest absolute Gasteiger partial charge is 0.214 e. The van der Waals surface area contributed by atoms with Gasteiger partial charge in [-0.3, -0.25) is 9.88 Å². The molecule has 0 radical (unpaired) electrons. The quantitative estimate of drug-likeness (QED) is 0.832. The van der Waals surface area contributed by atoms with Crippen molar-refractivity contribution >= 4 is 10.0 Å². The van der Waals surface area contributed by atoms with Crippen molar-refractivity contribution in [3.05, 3.63) is 30.1 Å². The van der Waals surface area contributed by atoms with Crippen LogP contribution < -0.4 is 4.72 Å². The van der Waals surface area contributed by atoms with Crippen molar-refractivity contribution in [1.29, 1.82) is 0 Å². The number of likely N-dealkylation sites (tertiary alicyclic amines) is 1. The molecule has 3 heterocycles. The van der Waals surface area contributed by atoms with Crippen molar-refractivity contribution in [3.63, 3.8) is 0 Å². The third-order valence-corrected chi connectivity index (χ3v) is 7.22. The molecule has 6 nitrogen and oxygen atoms in total. The summed E-state index contributed by atoms with van der Waals surface area (Å²) < 4.78 is 32.7. The molecule has 132 valence electrons. The molecule has 1 spiro atoms. The van der Waals surface area contributed by atoms with Gasteiger partial charge in [-0.1, -0.05) is 6.07 Å². The third-order valence-electron chi connectivity index (χ3n) is 5.31. The van der Waals surface area contributed by atoms with Gasteiger partial charge in [0.15, 0.2) is 0 Å². The summed E-state index contributed by atoms with van der Waals surface area (Å²) in [6.45, 7) is 3.95. The maximum atomic E-state index is 11.9. The van der Waals surface area contributed by atoms with Crippen LogP contribution in [0.4, 0.5) is 0 Å². The minimum atomic E-state index is -3.07. The molecule has 2 aliphatic heterocycles. The first-order valence-electron chi connectivity index (χ1n) is 8.79. The van der Waals surface area contributed by atoms with E-state index < -0.39 is 10.0 Å². The van der Waals surface area contributed by atoms with Gasteiger partial charge in [-0.05, 0) is 43.7 Å². The van der Waals surface area contributed by atoms with Crippen molar-refractivity contribution in [2.45, 2.75) is 43.1 Å². The fourth-order valence-corrected chi connectivity index (χ4v) is 5.12. The number of pyridine rings is 1. The fraction of sp³-hybridized carbons (Fsp3) is 0.706. The zero-order valence-electron chi connectivity index (χ0n) is 13.9. The second kappa shape index (κ2) is 6.37. The number of ether oxygens (including phenoxy) is 1. The van der Waals surface area contributed by atoms with Crippen molar-refractivity contribution in [2.75, 3.05) is 26.2 Å². The Balaban J connectivity index is 1.20. The van der Waals surface area contributed by atoms with E-state index in [0.29, 0.717) is 19.1 Å². The number of hydrogen-bond donors (Lipinski definition) is 1. The van der Waals surface area contributed by atoms with E-state index in [4.69, 9.17) is 4.74 Å². The lowest BCUT2D eigenvalue weighted by Gasteiger charge is -2.52. The molecule has 1 aliphatic carbocycles. The minimum absolute atomic E-state index is 0.0132. The number of hydrogen-bond acceptors (Lipinski definition) is 5. The lowest BCUT2D eigenvalue weighted by Crippen LogP contribution is -2.64. The van der Waals surface area contributed by atoms with Gasteiger partial charge >= 0.3 is 0 Å². The highest BCUT2D eigenvalue weighted by Crippen LogP contribution is 2.36. The lowest BCUT2D eigenvalue weighted by molar-refractivity contribution is -0.181. The molecule has 7 heteroatoms. The maximum Gasteiger partial charge on any atom is 0.214 e. The van der Waals surface area contributed by atoms with Crippen LogP contribution in [0.5, 0.6) is 0 Å². The van der Waals surface area contributed by atoms with Gasteiger partial charge in [0.05, 0.1) is 23.2 Å². The van der Waals surface area contributed by atoms with Gasteiger partial charge in [-0.2, -0.15) is 0 Å². The van der Waals surface area contributed by atoms with Crippen LogP contribution >= 0.6 is 0 Å². The number of nitrogens with one attached hydrogen (secondary N) is 1. The zero-order chi connectivity index (χ0) is 16.6. The first-order valence-corrected chi connectivity index (χ1v) is 10.3. The monoisotopic (exact) mass is 351 g/mol. The first kappa shape index (κ1) is 16.4.